The molecule has 0 radical (unpaired) electrons. The fraction of sp³-hybridized carbons (Fsp3) is 0.538. The van der Waals surface area contributed by atoms with Crippen molar-refractivity contribution >= 4 is 21.4 Å². The Labute approximate surface area is 124 Å². The van der Waals surface area contributed by atoms with Crippen LogP contribution in [0, 0.1) is 16.0 Å². The van der Waals surface area contributed by atoms with Crippen LogP contribution in [0.5, 0.6) is 0 Å². The molecule has 7 nitrogen and oxygen atoms in total. The van der Waals surface area contributed by atoms with Gasteiger partial charge in [-0.2, -0.15) is 0 Å². The highest BCUT2D eigenvalue weighted by molar-refractivity contribution is 7.89. The molecule has 0 aliphatic heterocycles. The Morgan fingerprint density at radius 3 is 2.38 bits per heavy atom. The van der Waals surface area contributed by atoms with Crippen molar-refractivity contribution in [3.05, 3.63) is 28.3 Å². The minimum absolute atomic E-state index is 0.147. The SMILES string of the molecule is CCC(CC)C(C)NS(=O)(=O)c1ccc(N)cc1[N+](=O)[O-]. The lowest BCUT2D eigenvalue weighted by atomic mass is 9.96. The summed E-state index contributed by atoms with van der Waals surface area (Å²) >= 11 is 0. The lowest BCUT2D eigenvalue weighted by Gasteiger charge is -2.22. The molecule has 0 saturated carbocycles. The zero-order valence-electron chi connectivity index (χ0n) is 12.4. The molecule has 0 saturated heterocycles. The summed E-state index contributed by atoms with van der Waals surface area (Å²) in [6, 6.07) is 3.25. The summed E-state index contributed by atoms with van der Waals surface area (Å²) in [4.78, 5) is 9.91. The van der Waals surface area contributed by atoms with E-state index in [0.717, 1.165) is 25.0 Å². The van der Waals surface area contributed by atoms with Crippen LogP contribution in [0.4, 0.5) is 11.4 Å². The zero-order chi connectivity index (χ0) is 16.2. The van der Waals surface area contributed by atoms with Crippen molar-refractivity contribution in [2.45, 2.75) is 44.6 Å². The number of nitrogens with one attached hydrogen (secondary N) is 1. The molecule has 1 unspecified atom stereocenters. The van der Waals surface area contributed by atoms with Gasteiger partial charge in [-0.1, -0.05) is 26.7 Å². The maximum Gasteiger partial charge on any atom is 0.291 e. The Morgan fingerprint density at radius 1 is 1.33 bits per heavy atom. The summed E-state index contributed by atoms with van der Waals surface area (Å²) < 4.78 is 27.2. The first kappa shape index (κ1) is 17.4. The van der Waals surface area contributed by atoms with Gasteiger partial charge < -0.3 is 5.73 Å². The summed E-state index contributed by atoms with van der Waals surface area (Å²) in [7, 11) is -3.96. The average Bonchev–Trinajstić information content (AvgIpc) is 2.38. The van der Waals surface area contributed by atoms with Gasteiger partial charge in [0.25, 0.3) is 5.69 Å². The lowest BCUT2D eigenvalue weighted by molar-refractivity contribution is -0.387. The van der Waals surface area contributed by atoms with Gasteiger partial charge in [-0.25, -0.2) is 13.1 Å². The van der Waals surface area contributed by atoms with Crippen LogP contribution in [0.25, 0.3) is 0 Å². The molecule has 1 aromatic rings. The Kier molecular flexibility index (Phi) is 5.68. The number of nitrogens with two attached hydrogens (primary N) is 1. The molecule has 3 N–H and O–H groups in total. The highest BCUT2D eigenvalue weighted by atomic mass is 32.2. The van der Waals surface area contributed by atoms with E-state index in [2.05, 4.69) is 4.72 Å². The smallest absolute Gasteiger partial charge is 0.291 e. The van der Waals surface area contributed by atoms with Crippen molar-refractivity contribution in [1.29, 1.82) is 0 Å². The first-order chi connectivity index (χ1) is 9.72. The number of hydrogen-bond donors (Lipinski definition) is 2. The number of rotatable bonds is 7. The molecule has 0 amide bonds. The number of benzene rings is 1. The van der Waals surface area contributed by atoms with Crippen molar-refractivity contribution in [2.75, 3.05) is 5.73 Å². The fourth-order valence-electron chi connectivity index (χ4n) is 2.30. The highest BCUT2D eigenvalue weighted by Gasteiger charge is 2.28. The summed E-state index contributed by atoms with van der Waals surface area (Å²) in [5.74, 6) is 0.174. The van der Waals surface area contributed by atoms with E-state index in [-0.39, 0.29) is 22.5 Å². The Hall–Kier alpha value is -1.67. The lowest BCUT2D eigenvalue weighted by Crippen LogP contribution is -2.37. The minimum Gasteiger partial charge on any atom is -0.399 e. The van der Waals surface area contributed by atoms with Crippen LogP contribution in [-0.2, 0) is 10.0 Å². The van der Waals surface area contributed by atoms with Crippen LogP contribution in [-0.4, -0.2) is 19.4 Å². The Balaban J connectivity index is 3.17. The number of nitrogens with zero attached hydrogens (tertiary/aromatic N) is 1. The van der Waals surface area contributed by atoms with Gasteiger partial charge in [-0.3, -0.25) is 10.1 Å². The van der Waals surface area contributed by atoms with Crippen LogP contribution < -0.4 is 10.5 Å². The largest absolute Gasteiger partial charge is 0.399 e. The normalized spacial score (nSPS) is 13.3. The predicted octanol–water partition coefficient (Wildman–Crippen LogP) is 2.28. The van der Waals surface area contributed by atoms with Gasteiger partial charge in [0.1, 0.15) is 0 Å². The van der Waals surface area contributed by atoms with E-state index in [1.54, 1.807) is 6.92 Å². The number of nitro groups is 1. The standard InChI is InChI=1S/C13H21N3O4S/c1-4-10(5-2)9(3)15-21(19,20)13-7-6-11(14)8-12(13)16(17)18/h6-10,15H,4-5,14H2,1-3H3. The molecule has 21 heavy (non-hydrogen) atoms. The van der Waals surface area contributed by atoms with Crippen LogP contribution in [0.1, 0.15) is 33.6 Å². The van der Waals surface area contributed by atoms with Gasteiger partial charge in [0, 0.05) is 17.8 Å². The molecule has 0 bridgehead atoms. The van der Waals surface area contributed by atoms with E-state index in [1.165, 1.54) is 6.07 Å². The average molecular weight is 315 g/mol. The van der Waals surface area contributed by atoms with Crippen molar-refractivity contribution in [2.24, 2.45) is 5.92 Å². The molecule has 1 aromatic carbocycles. The first-order valence-corrected chi connectivity index (χ1v) is 8.27. The van der Waals surface area contributed by atoms with Crippen LogP contribution in [0.2, 0.25) is 0 Å². The third-order valence-corrected chi connectivity index (χ3v) is 5.17. The maximum absolute atomic E-state index is 12.4. The van der Waals surface area contributed by atoms with Gasteiger partial charge in [0.2, 0.25) is 10.0 Å². The van der Waals surface area contributed by atoms with E-state index < -0.39 is 20.6 Å². The van der Waals surface area contributed by atoms with E-state index >= 15 is 0 Å². The third-order valence-electron chi connectivity index (χ3n) is 3.57. The summed E-state index contributed by atoms with van der Waals surface area (Å²) in [5.41, 5.74) is 5.11. The van der Waals surface area contributed by atoms with Gasteiger partial charge in [0.15, 0.2) is 4.90 Å². The summed E-state index contributed by atoms with van der Waals surface area (Å²) in [5, 5.41) is 11.0. The van der Waals surface area contributed by atoms with E-state index in [9.17, 15) is 18.5 Å². The molecular weight excluding hydrogens is 294 g/mol. The summed E-state index contributed by atoms with van der Waals surface area (Å²) in [6.45, 7) is 5.72. The van der Waals surface area contributed by atoms with Crippen molar-refractivity contribution in [1.82, 2.24) is 4.72 Å². The molecule has 118 valence electrons. The van der Waals surface area contributed by atoms with Crippen molar-refractivity contribution in [3.63, 3.8) is 0 Å². The molecule has 0 aliphatic carbocycles. The quantitative estimate of drug-likeness (QED) is 0.455. The van der Waals surface area contributed by atoms with Gasteiger partial charge >= 0.3 is 0 Å². The van der Waals surface area contributed by atoms with Gasteiger partial charge in [-0.15, -0.1) is 0 Å². The molecule has 8 heteroatoms. The Morgan fingerprint density at radius 2 is 1.90 bits per heavy atom. The molecule has 0 fully saturated rings. The minimum atomic E-state index is -3.96. The molecule has 0 heterocycles. The summed E-state index contributed by atoms with van der Waals surface area (Å²) in [6.07, 6.45) is 1.65. The van der Waals surface area contributed by atoms with Crippen molar-refractivity contribution in [3.8, 4) is 0 Å². The monoisotopic (exact) mass is 315 g/mol. The van der Waals surface area contributed by atoms with E-state index in [0.29, 0.717) is 0 Å². The van der Waals surface area contributed by atoms with E-state index in [1.807, 2.05) is 13.8 Å². The number of nitrogen functional groups attached to an aromatic ring is 1. The second kappa shape index (κ2) is 6.86. The van der Waals surface area contributed by atoms with Crippen LogP contribution in [0.15, 0.2) is 23.1 Å². The Bertz CT molecular complexity index is 612. The first-order valence-electron chi connectivity index (χ1n) is 6.79. The molecule has 1 atom stereocenters. The highest BCUT2D eigenvalue weighted by Crippen LogP contribution is 2.26. The zero-order valence-corrected chi connectivity index (χ0v) is 13.2. The van der Waals surface area contributed by atoms with Gasteiger partial charge in [-0.05, 0) is 25.0 Å². The van der Waals surface area contributed by atoms with E-state index in [4.69, 9.17) is 5.73 Å². The predicted molar refractivity (Wildman–Crippen MR) is 81.4 cm³/mol. The molecule has 0 aromatic heterocycles. The third kappa shape index (κ3) is 4.15. The van der Waals surface area contributed by atoms with Gasteiger partial charge in [0.05, 0.1) is 4.92 Å². The second-order valence-electron chi connectivity index (χ2n) is 4.97. The topological polar surface area (TPSA) is 115 Å². The number of hydrogen-bond acceptors (Lipinski definition) is 5. The number of sulfonamides is 1. The number of anilines is 1. The number of nitro benzene ring substituents is 1. The fourth-order valence-corrected chi connectivity index (χ4v) is 3.77. The van der Waals surface area contributed by atoms with Crippen LogP contribution in [0.3, 0.4) is 0 Å². The second-order valence-corrected chi connectivity index (χ2v) is 6.65. The maximum atomic E-state index is 12.4. The molecule has 1 rings (SSSR count). The van der Waals surface area contributed by atoms with Crippen molar-refractivity contribution < 1.29 is 13.3 Å². The molecule has 0 aliphatic rings. The molecular formula is C13H21N3O4S. The van der Waals surface area contributed by atoms with Crippen LogP contribution >= 0.6 is 0 Å². The molecule has 0 spiro atoms.